The molecule has 154 valence electrons. The maximum Gasteiger partial charge on any atom is 0.358 e. The Labute approximate surface area is 178 Å². The number of nitrogens with zero attached hydrogens (tertiary/aromatic N) is 4. The minimum Gasteiger partial charge on any atom is -0.464 e. The highest BCUT2D eigenvalue weighted by molar-refractivity contribution is 7.19. The van der Waals surface area contributed by atoms with Crippen LogP contribution in [0.1, 0.15) is 23.3 Å². The van der Waals surface area contributed by atoms with Crippen molar-refractivity contribution in [2.75, 3.05) is 30.4 Å². The predicted molar refractivity (Wildman–Crippen MR) is 114 cm³/mol. The van der Waals surface area contributed by atoms with Crippen LogP contribution in [0.2, 0.25) is 0 Å². The lowest BCUT2D eigenvalue weighted by molar-refractivity contribution is -0.120. The second-order valence-corrected chi connectivity index (χ2v) is 7.88. The van der Waals surface area contributed by atoms with Gasteiger partial charge >= 0.3 is 5.97 Å². The Hall–Kier alpha value is -3.33. The molecule has 1 saturated heterocycles. The van der Waals surface area contributed by atoms with E-state index >= 15 is 0 Å². The van der Waals surface area contributed by atoms with E-state index in [2.05, 4.69) is 20.3 Å². The highest BCUT2D eigenvalue weighted by Crippen LogP contribution is 2.34. The molecular weight excluding hydrogens is 402 g/mol. The van der Waals surface area contributed by atoms with Crippen molar-refractivity contribution < 1.29 is 14.3 Å². The molecule has 8 nitrogen and oxygen atoms in total. The number of hydrogen-bond acceptors (Lipinski definition) is 8. The molecule has 0 spiro atoms. The van der Waals surface area contributed by atoms with Crippen molar-refractivity contribution in [2.24, 2.45) is 5.92 Å². The van der Waals surface area contributed by atoms with Gasteiger partial charge in [-0.05, 0) is 24.5 Å². The summed E-state index contributed by atoms with van der Waals surface area (Å²) in [6.07, 6.45) is 5.04. The van der Waals surface area contributed by atoms with Crippen molar-refractivity contribution in [1.82, 2.24) is 15.0 Å². The first kappa shape index (κ1) is 20.0. The summed E-state index contributed by atoms with van der Waals surface area (Å²) in [5.41, 5.74) is 1.05. The van der Waals surface area contributed by atoms with E-state index in [-0.39, 0.29) is 17.5 Å². The fourth-order valence-electron chi connectivity index (χ4n) is 3.43. The summed E-state index contributed by atoms with van der Waals surface area (Å²) in [7, 11) is 1.32. The van der Waals surface area contributed by atoms with E-state index in [0.29, 0.717) is 22.5 Å². The van der Waals surface area contributed by atoms with Crippen LogP contribution < -0.4 is 10.2 Å². The smallest absolute Gasteiger partial charge is 0.358 e. The third kappa shape index (κ3) is 4.30. The topological polar surface area (TPSA) is 97.3 Å². The van der Waals surface area contributed by atoms with Crippen LogP contribution in [0.5, 0.6) is 0 Å². The Morgan fingerprint density at radius 1 is 1.17 bits per heavy atom. The van der Waals surface area contributed by atoms with Crippen LogP contribution in [0, 0.1) is 5.92 Å². The summed E-state index contributed by atoms with van der Waals surface area (Å²) < 4.78 is 4.87. The normalized spacial score (nSPS) is 16.2. The van der Waals surface area contributed by atoms with Crippen molar-refractivity contribution in [3.63, 3.8) is 0 Å². The molecule has 0 saturated carbocycles. The minimum atomic E-state index is -0.532. The van der Waals surface area contributed by atoms with Gasteiger partial charge in [-0.25, -0.2) is 19.7 Å². The zero-order chi connectivity index (χ0) is 20.9. The molecule has 1 aromatic carbocycles. The van der Waals surface area contributed by atoms with Crippen molar-refractivity contribution >= 4 is 34.3 Å². The van der Waals surface area contributed by atoms with Crippen LogP contribution in [0.15, 0.2) is 48.8 Å². The molecule has 1 N–H and O–H groups in total. The Morgan fingerprint density at radius 3 is 2.67 bits per heavy atom. The maximum atomic E-state index is 12.9. The van der Waals surface area contributed by atoms with Gasteiger partial charge in [-0.15, -0.1) is 0 Å². The maximum absolute atomic E-state index is 12.9. The number of rotatable bonds is 5. The number of piperidine rings is 1. The monoisotopic (exact) mass is 423 g/mol. The number of hydrogen-bond donors (Lipinski definition) is 1. The van der Waals surface area contributed by atoms with E-state index in [0.717, 1.165) is 24.9 Å². The molecule has 0 bridgehead atoms. The summed E-state index contributed by atoms with van der Waals surface area (Å²) in [6.45, 7) is 1.35. The van der Waals surface area contributed by atoms with Crippen LogP contribution in [-0.4, -0.2) is 47.0 Å². The zero-order valence-corrected chi connectivity index (χ0v) is 17.3. The molecule has 1 amide bonds. The van der Waals surface area contributed by atoms with Gasteiger partial charge < -0.3 is 15.0 Å². The van der Waals surface area contributed by atoms with Gasteiger partial charge in [-0.2, -0.15) is 0 Å². The molecule has 0 aliphatic carbocycles. The number of esters is 1. The summed E-state index contributed by atoms with van der Waals surface area (Å²) in [4.78, 5) is 40.7. The average Bonchev–Trinajstić information content (AvgIpc) is 3.23. The minimum absolute atomic E-state index is 0.125. The first-order chi connectivity index (χ1) is 14.7. The first-order valence-electron chi connectivity index (χ1n) is 9.63. The number of carbonyl (C=O) groups excluding carboxylic acids is 2. The van der Waals surface area contributed by atoms with Gasteiger partial charge in [0.15, 0.2) is 10.8 Å². The highest BCUT2D eigenvalue weighted by Gasteiger charge is 2.28. The predicted octanol–water partition coefficient (Wildman–Crippen LogP) is 3.24. The van der Waals surface area contributed by atoms with E-state index < -0.39 is 5.97 Å². The number of amides is 1. The molecule has 9 heteroatoms. The molecule has 0 radical (unpaired) electrons. The number of carbonyl (C=O) groups is 2. The largest absolute Gasteiger partial charge is 0.464 e. The standard InChI is InChI=1S/C21H21N5O3S/c1-29-19(28)16-17(14-7-3-2-4-8-14)30-21(24-16)25-18(27)15-9-5-12-26(13-15)20-22-10-6-11-23-20/h2-4,6-8,10-11,15H,5,9,12-13H2,1H3,(H,24,25,27). The Kier molecular flexibility index (Phi) is 5.99. The molecular formula is C21H21N5O3S. The third-order valence-corrected chi connectivity index (χ3v) is 5.92. The number of anilines is 2. The molecule has 1 unspecified atom stereocenters. The summed E-state index contributed by atoms with van der Waals surface area (Å²) in [5, 5.41) is 3.27. The van der Waals surface area contributed by atoms with Crippen molar-refractivity contribution in [2.45, 2.75) is 12.8 Å². The molecule has 1 aliphatic heterocycles. The fourth-order valence-corrected chi connectivity index (χ4v) is 4.39. The number of aromatic nitrogens is 3. The van der Waals surface area contributed by atoms with Crippen LogP contribution in [-0.2, 0) is 9.53 Å². The molecule has 30 heavy (non-hydrogen) atoms. The van der Waals surface area contributed by atoms with Gasteiger partial charge in [0.05, 0.1) is 17.9 Å². The summed E-state index contributed by atoms with van der Waals surface area (Å²) >= 11 is 1.26. The van der Waals surface area contributed by atoms with Crippen LogP contribution in [0.3, 0.4) is 0 Å². The number of thiazole rings is 1. The van der Waals surface area contributed by atoms with Crippen molar-refractivity contribution in [3.8, 4) is 10.4 Å². The third-order valence-electron chi connectivity index (χ3n) is 4.90. The van der Waals surface area contributed by atoms with Gasteiger partial charge in [0.2, 0.25) is 11.9 Å². The van der Waals surface area contributed by atoms with Crippen molar-refractivity contribution in [1.29, 1.82) is 0 Å². The van der Waals surface area contributed by atoms with E-state index in [1.807, 2.05) is 35.2 Å². The average molecular weight is 423 g/mol. The first-order valence-corrected chi connectivity index (χ1v) is 10.4. The molecule has 1 aliphatic rings. The SMILES string of the molecule is COC(=O)c1nc(NC(=O)C2CCCN(c3ncccn3)C2)sc1-c1ccccc1. The lowest BCUT2D eigenvalue weighted by Crippen LogP contribution is -2.41. The van der Waals surface area contributed by atoms with Gasteiger partial charge in [0.1, 0.15) is 0 Å². The van der Waals surface area contributed by atoms with Gasteiger partial charge in [0.25, 0.3) is 0 Å². The van der Waals surface area contributed by atoms with Gasteiger partial charge in [0, 0.05) is 25.5 Å². The fraction of sp³-hybridized carbons (Fsp3) is 0.286. The van der Waals surface area contributed by atoms with Crippen LogP contribution >= 0.6 is 11.3 Å². The van der Waals surface area contributed by atoms with Crippen LogP contribution in [0.25, 0.3) is 10.4 Å². The number of ether oxygens (including phenoxy) is 1. The highest BCUT2D eigenvalue weighted by atomic mass is 32.1. The molecule has 3 heterocycles. The number of benzene rings is 1. The Bertz CT molecular complexity index is 1030. The lowest BCUT2D eigenvalue weighted by atomic mass is 9.97. The Morgan fingerprint density at radius 2 is 1.93 bits per heavy atom. The Balaban J connectivity index is 1.52. The summed E-state index contributed by atoms with van der Waals surface area (Å²) in [5.74, 6) is -0.243. The second-order valence-electron chi connectivity index (χ2n) is 6.88. The molecule has 3 aromatic rings. The number of nitrogens with one attached hydrogen (secondary N) is 1. The van der Waals surface area contributed by atoms with Crippen molar-refractivity contribution in [3.05, 3.63) is 54.5 Å². The second kappa shape index (κ2) is 9.00. The van der Waals surface area contributed by atoms with Gasteiger partial charge in [-0.3, -0.25) is 4.79 Å². The number of methoxy groups -OCH3 is 1. The summed E-state index contributed by atoms with van der Waals surface area (Å²) in [6, 6.07) is 11.2. The van der Waals surface area contributed by atoms with E-state index in [1.54, 1.807) is 18.5 Å². The molecule has 2 aromatic heterocycles. The van der Waals surface area contributed by atoms with Gasteiger partial charge in [-0.1, -0.05) is 41.7 Å². The van der Waals surface area contributed by atoms with Crippen LogP contribution in [0.4, 0.5) is 11.1 Å². The molecule has 4 rings (SSSR count). The molecule has 1 atom stereocenters. The zero-order valence-electron chi connectivity index (χ0n) is 16.4. The lowest BCUT2D eigenvalue weighted by Gasteiger charge is -2.31. The quantitative estimate of drug-likeness (QED) is 0.629. The van der Waals surface area contributed by atoms with E-state index in [4.69, 9.17) is 4.74 Å². The van der Waals surface area contributed by atoms with E-state index in [1.165, 1.54) is 18.4 Å². The van der Waals surface area contributed by atoms with E-state index in [9.17, 15) is 9.59 Å². The molecule has 1 fully saturated rings.